The number of hydrogen-bond donors (Lipinski definition) is 1. The number of amides is 2. The van der Waals surface area contributed by atoms with Gasteiger partial charge in [-0.3, -0.25) is 14.3 Å². The molecule has 6 heteroatoms. The van der Waals surface area contributed by atoms with Crippen LogP contribution >= 0.6 is 0 Å². The lowest BCUT2D eigenvalue weighted by Gasteiger charge is -2.32. The summed E-state index contributed by atoms with van der Waals surface area (Å²) >= 11 is 0. The van der Waals surface area contributed by atoms with Gasteiger partial charge < -0.3 is 10.2 Å². The van der Waals surface area contributed by atoms with E-state index >= 15 is 0 Å². The van der Waals surface area contributed by atoms with Gasteiger partial charge in [0.2, 0.25) is 0 Å². The Bertz CT molecular complexity index is 830. The molecule has 2 fully saturated rings. The molecule has 0 atom stereocenters. The Labute approximate surface area is 165 Å². The highest BCUT2D eigenvalue weighted by molar-refractivity contribution is 5.94. The fourth-order valence-corrected chi connectivity index (χ4v) is 3.89. The molecule has 1 saturated heterocycles. The van der Waals surface area contributed by atoms with E-state index in [-0.39, 0.29) is 11.8 Å². The average Bonchev–Trinajstić information content (AvgIpc) is 3.41. The molecule has 2 amide bonds. The van der Waals surface area contributed by atoms with Crippen LogP contribution in [0.15, 0.2) is 36.5 Å². The quantitative estimate of drug-likeness (QED) is 0.838. The Kier molecular flexibility index (Phi) is 5.46. The zero-order chi connectivity index (χ0) is 19.5. The van der Waals surface area contributed by atoms with Crippen molar-refractivity contribution in [3.63, 3.8) is 0 Å². The Hall–Kier alpha value is -2.63. The average molecular weight is 380 g/mol. The summed E-state index contributed by atoms with van der Waals surface area (Å²) in [5.41, 5.74) is 2.68. The first kappa shape index (κ1) is 18.7. The van der Waals surface area contributed by atoms with Crippen molar-refractivity contribution >= 4 is 11.8 Å². The van der Waals surface area contributed by atoms with Crippen molar-refractivity contribution in [2.24, 2.45) is 5.92 Å². The van der Waals surface area contributed by atoms with Gasteiger partial charge in [-0.05, 0) is 68.7 Å². The van der Waals surface area contributed by atoms with Gasteiger partial charge in [-0.15, -0.1) is 0 Å². The van der Waals surface area contributed by atoms with Gasteiger partial charge >= 0.3 is 0 Å². The summed E-state index contributed by atoms with van der Waals surface area (Å²) in [6.45, 7) is 4.29. The maximum atomic E-state index is 12.7. The van der Waals surface area contributed by atoms with Crippen LogP contribution in [-0.4, -0.2) is 45.6 Å². The molecule has 148 valence electrons. The molecular weight excluding hydrogens is 352 g/mol. The van der Waals surface area contributed by atoms with Crippen LogP contribution < -0.4 is 5.32 Å². The van der Waals surface area contributed by atoms with Gasteiger partial charge in [0.25, 0.3) is 11.8 Å². The number of carbonyl (C=O) groups is 2. The second-order valence-corrected chi connectivity index (χ2v) is 7.92. The zero-order valence-electron chi connectivity index (χ0n) is 16.4. The molecule has 6 nitrogen and oxygen atoms in total. The maximum absolute atomic E-state index is 12.7. The van der Waals surface area contributed by atoms with Gasteiger partial charge in [-0.25, -0.2) is 0 Å². The normalized spacial score (nSPS) is 17.5. The Morgan fingerprint density at radius 3 is 2.43 bits per heavy atom. The number of carbonyl (C=O) groups excluding carboxylic acids is 2. The first-order chi connectivity index (χ1) is 13.6. The molecule has 2 aromatic rings. The molecule has 1 aromatic heterocycles. The first-order valence-corrected chi connectivity index (χ1v) is 10.3. The minimum atomic E-state index is 0.0344. The van der Waals surface area contributed by atoms with Crippen LogP contribution in [0.2, 0.25) is 0 Å². The van der Waals surface area contributed by atoms with E-state index in [1.165, 1.54) is 5.56 Å². The minimum Gasteiger partial charge on any atom is -0.349 e. The van der Waals surface area contributed by atoms with E-state index in [1.807, 2.05) is 24.0 Å². The maximum Gasteiger partial charge on any atom is 0.272 e. The summed E-state index contributed by atoms with van der Waals surface area (Å²) in [6.07, 6.45) is 6.92. The lowest BCUT2D eigenvalue weighted by molar-refractivity contribution is 0.0678. The van der Waals surface area contributed by atoms with Crippen molar-refractivity contribution in [3.05, 3.63) is 53.3 Å². The van der Waals surface area contributed by atoms with Crippen LogP contribution in [0.25, 0.3) is 0 Å². The molecule has 1 saturated carbocycles. The van der Waals surface area contributed by atoms with Crippen LogP contribution in [0.5, 0.6) is 0 Å². The van der Waals surface area contributed by atoms with E-state index < -0.39 is 0 Å². The third kappa shape index (κ3) is 4.26. The summed E-state index contributed by atoms with van der Waals surface area (Å²) in [7, 11) is 0. The van der Waals surface area contributed by atoms with Gasteiger partial charge in [0.05, 0.1) is 0 Å². The number of aryl methyl sites for hydroxylation is 1. The van der Waals surface area contributed by atoms with E-state index in [9.17, 15) is 9.59 Å². The third-order valence-electron chi connectivity index (χ3n) is 5.79. The number of aromatic nitrogens is 2. The molecule has 1 aromatic carbocycles. The van der Waals surface area contributed by atoms with E-state index in [0.29, 0.717) is 24.2 Å². The lowest BCUT2D eigenvalue weighted by atomic mass is 9.90. The van der Waals surface area contributed by atoms with Gasteiger partial charge in [0.1, 0.15) is 5.69 Å². The molecule has 0 radical (unpaired) electrons. The van der Waals surface area contributed by atoms with Crippen molar-refractivity contribution < 1.29 is 9.59 Å². The van der Waals surface area contributed by atoms with Crippen molar-refractivity contribution in [3.8, 4) is 0 Å². The largest absolute Gasteiger partial charge is 0.349 e. The molecular formula is C22H28N4O2. The third-order valence-corrected chi connectivity index (χ3v) is 5.79. The first-order valence-electron chi connectivity index (χ1n) is 10.3. The lowest BCUT2D eigenvalue weighted by Crippen LogP contribution is -2.39. The topological polar surface area (TPSA) is 67.2 Å². The molecule has 0 unspecified atom stereocenters. The standard InChI is InChI=1S/C22H28N4O2/c1-2-26-20(9-12-23-26)22(28)25-13-10-17(11-14-25)15-16-3-5-18(6-4-16)21(27)24-19-7-8-19/h3-6,9,12,17,19H,2,7-8,10-11,13-15H2,1H3,(H,24,27). The highest BCUT2D eigenvalue weighted by Gasteiger charge is 2.26. The monoisotopic (exact) mass is 380 g/mol. The number of nitrogens with zero attached hydrogens (tertiary/aromatic N) is 3. The van der Waals surface area contributed by atoms with Crippen LogP contribution in [0.1, 0.15) is 59.0 Å². The summed E-state index contributed by atoms with van der Waals surface area (Å²) < 4.78 is 1.76. The second-order valence-electron chi connectivity index (χ2n) is 7.92. The SMILES string of the molecule is CCn1nccc1C(=O)N1CCC(Cc2ccc(C(=O)NC3CC3)cc2)CC1. The number of rotatable bonds is 6. The molecule has 1 aliphatic carbocycles. The van der Waals surface area contributed by atoms with E-state index in [1.54, 1.807) is 16.9 Å². The van der Waals surface area contributed by atoms with Gasteiger partial charge in [0.15, 0.2) is 0 Å². The summed E-state index contributed by atoms with van der Waals surface area (Å²) in [5.74, 6) is 0.697. The van der Waals surface area contributed by atoms with Crippen molar-refractivity contribution in [1.82, 2.24) is 20.0 Å². The molecule has 2 heterocycles. The molecule has 0 bridgehead atoms. The van der Waals surface area contributed by atoms with E-state index in [2.05, 4.69) is 22.5 Å². The predicted octanol–water partition coefficient (Wildman–Crippen LogP) is 2.89. The molecule has 4 rings (SSSR count). The fraction of sp³-hybridized carbons (Fsp3) is 0.500. The molecule has 1 N–H and O–H groups in total. The summed E-state index contributed by atoms with van der Waals surface area (Å²) in [4.78, 5) is 26.7. The van der Waals surface area contributed by atoms with Crippen LogP contribution in [0, 0.1) is 5.92 Å². The highest BCUT2D eigenvalue weighted by Crippen LogP contribution is 2.24. The number of likely N-dealkylation sites (tertiary alicyclic amines) is 1. The van der Waals surface area contributed by atoms with Crippen LogP contribution in [0.3, 0.4) is 0 Å². The second kappa shape index (κ2) is 8.17. The van der Waals surface area contributed by atoms with Gasteiger partial charge in [-0.2, -0.15) is 5.10 Å². The van der Waals surface area contributed by atoms with Crippen molar-refractivity contribution in [2.75, 3.05) is 13.1 Å². The van der Waals surface area contributed by atoms with Crippen molar-refractivity contribution in [2.45, 2.75) is 51.6 Å². The molecule has 28 heavy (non-hydrogen) atoms. The van der Waals surface area contributed by atoms with Gasteiger partial charge in [-0.1, -0.05) is 12.1 Å². The minimum absolute atomic E-state index is 0.0344. The van der Waals surface area contributed by atoms with E-state index in [0.717, 1.165) is 50.8 Å². The fourth-order valence-electron chi connectivity index (χ4n) is 3.89. The molecule has 1 aliphatic heterocycles. The number of piperidine rings is 1. The Balaban J connectivity index is 1.28. The molecule has 0 spiro atoms. The Morgan fingerprint density at radius 1 is 1.07 bits per heavy atom. The zero-order valence-corrected chi connectivity index (χ0v) is 16.4. The smallest absolute Gasteiger partial charge is 0.272 e. The molecule has 2 aliphatic rings. The predicted molar refractivity (Wildman–Crippen MR) is 107 cm³/mol. The number of nitrogens with one attached hydrogen (secondary N) is 1. The van der Waals surface area contributed by atoms with Crippen LogP contribution in [0.4, 0.5) is 0 Å². The van der Waals surface area contributed by atoms with Gasteiger partial charge in [0, 0.05) is 37.4 Å². The Morgan fingerprint density at radius 2 is 1.79 bits per heavy atom. The van der Waals surface area contributed by atoms with Crippen molar-refractivity contribution in [1.29, 1.82) is 0 Å². The summed E-state index contributed by atoms with van der Waals surface area (Å²) in [6, 6.07) is 10.2. The number of benzene rings is 1. The van der Waals surface area contributed by atoms with Crippen LogP contribution in [-0.2, 0) is 13.0 Å². The van der Waals surface area contributed by atoms with E-state index in [4.69, 9.17) is 0 Å². The summed E-state index contributed by atoms with van der Waals surface area (Å²) in [5, 5.41) is 7.22. The highest BCUT2D eigenvalue weighted by atomic mass is 16.2. The number of hydrogen-bond acceptors (Lipinski definition) is 3.